The number of carbonyl (C=O) groups excluding carboxylic acids is 1. The monoisotopic (exact) mass is 302 g/mol. The first-order valence-corrected chi connectivity index (χ1v) is 6.84. The first kappa shape index (κ1) is 15.8. The van der Waals surface area contributed by atoms with Crippen molar-refractivity contribution in [2.24, 2.45) is 0 Å². The van der Waals surface area contributed by atoms with Crippen LogP contribution in [-0.4, -0.2) is 27.8 Å². The van der Waals surface area contributed by atoms with Crippen LogP contribution in [0.25, 0.3) is 10.9 Å². The normalized spacial score (nSPS) is 12.7. The van der Waals surface area contributed by atoms with Crippen molar-refractivity contribution in [3.8, 4) is 0 Å². The van der Waals surface area contributed by atoms with E-state index in [0.717, 1.165) is 5.39 Å². The van der Waals surface area contributed by atoms with E-state index in [1.807, 2.05) is 12.1 Å². The van der Waals surface area contributed by atoms with Crippen molar-refractivity contribution in [2.45, 2.75) is 32.4 Å². The van der Waals surface area contributed by atoms with Crippen LogP contribution in [0.3, 0.4) is 0 Å². The fraction of sp³-hybridized carbons (Fsp3) is 0.312. The summed E-state index contributed by atoms with van der Waals surface area (Å²) in [4.78, 5) is 27.6. The number of hydrogen-bond donors (Lipinski definition) is 2. The Morgan fingerprint density at radius 3 is 2.55 bits per heavy atom. The number of amides is 1. The fourth-order valence-electron chi connectivity index (χ4n) is 2.06. The van der Waals surface area contributed by atoms with Crippen LogP contribution in [0.5, 0.6) is 0 Å². The Labute approximate surface area is 128 Å². The van der Waals surface area contributed by atoms with Crippen molar-refractivity contribution < 1.29 is 19.4 Å². The number of nitrogens with one attached hydrogen (secondary N) is 1. The van der Waals surface area contributed by atoms with E-state index in [4.69, 9.17) is 4.74 Å². The molecule has 1 atom stereocenters. The lowest BCUT2D eigenvalue weighted by molar-refractivity contribution is -0.139. The molecule has 2 aromatic rings. The summed E-state index contributed by atoms with van der Waals surface area (Å²) < 4.78 is 5.12. The number of para-hydroxylation sites is 1. The van der Waals surface area contributed by atoms with Gasteiger partial charge in [-0.3, -0.25) is 4.98 Å². The number of pyridine rings is 1. The average Bonchev–Trinajstić information content (AvgIpc) is 2.42. The minimum atomic E-state index is -1.23. The number of aromatic nitrogens is 1. The molecule has 0 bridgehead atoms. The largest absolute Gasteiger partial charge is 0.479 e. The van der Waals surface area contributed by atoms with Crippen LogP contribution in [0.15, 0.2) is 36.5 Å². The number of ether oxygens (including phenoxy) is 1. The summed E-state index contributed by atoms with van der Waals surface area (Å²) in [6.45, 7) is 5.13. The van der Waals surface area contributed by atoms with Crippen molar-refractivity contribution in [1.29, 1.82) is 0 Å². The summed E-state index contributed by atoms with van der Waals surface area (Å²) in [5.74, 6) is -1.18. The topological polar surface area (TPSA) is 88.5 Å². The minimum absolute atomic E-state index is 0.413. The number of carboxylic acids is 1. The number of fused-ring (bicyclic) bond motifs is 1. The van der Waals surface area contributed by atoms with Crippen molar-refractivity contribution >= 4 is 23.0 Å². The predicted molar refractivity (Wildman–Crippen MR) is 81.5 cm³/mol. The van der Waals surface area contributed by atoms with Crippen molar-refractivity contribution in [3.63, 3.8) is 0 Å². The molecule has 116 valence electrons. The smallest absolute Gasteiger partial charge is 0.408 e. The first-order valence-electron chi connectivity index (χ1n) is 6.84. The van der Waals surface area contributed by atoms with E-state index in [2.05, 4.69) is 10.3 Å². The standard InChI is InChI=1S/C16H18N2O4/c1-16(2,3)22-15(21)18-13(14(19)20)11-8-4-6-10-7-5-9-17-12(10)11/h4-9,13H,1-3H3,(H,18,21)(H,19,20). The molecule has 6 nitrogen and oxygen atoms in total. The van der Waals surface area contributed by atoms with Gasteiger partial charge in [0.15, 0.2) is 6.04 Å². The Hall–Kier alpha value is -2.63. The van der Waals surface area contributed by atoms with E-state index >= 15 is 0 Å². The molecular formula is C16H18N2O4. The highest BCUT2D eigenvalue weighted by Gasteiger charge is 2.27. The van der Waals surface area contributed by atoms with Gasteiger partial charge in [-0.2, -0.15) is 0 Å². The second-order valence-electron chi connectivity index (χ2n) is 5.84. The number of nitrogens with zero attached hydrogens (tertiary/aromatic N) is 1. The van der Waals surface area contributed by atoms with Gasteiger partial charge in [-0.15, -0.1) is 0 Å². The lowest BCUT2D eigenvalue weighted by Gasteiger charge is -2.22. The minimum Gasteiger partial charge on any atom is -0.479 e. The third-order valence-corrected chi connectivity index (χ3v) is 2.88. The molecule has 1 unspecified atom stereocenters. The summed E-state index contributed by atoms with van der Waals surface area (Å²) >= 11 is 0. The Morgan fingerprint density at radius 1 is 1.23 bits per heavy atom. The van der Waals surface area contributed by atoms with Gasteiger partial charge < -0.3 is 15.2 Å². The summed E-state index contributed by atoms with van der Waals surface area (Å²) in [5, 5.41) is 12.6. The SMILES string of the molecule is CC(C)(C)OC(=O)NC(C(=O)O)c1cccc2cccnc12. The predicted octanol–water partition coefficient (Wildman–Crippen LogP) is 2.89. The lowest BCUT2D eigenvalue weighted by Crippen LogP contribution is -2.38. The van der Waals surface area contributed by atoms with E-state index in [9.17, 15) is 14.7 Å². The fourth-order valence-corrected chi connectivity index (χ4v) is 2.06. The van der Waals surface area contributed by atoms with Gasteiger partial charge in [0.1, 0.15) is 5.60 Å². The van der Waals surface area contributed by atoms with Gasteiger partial charge in [-0.1, -0.05) is 24.3 Å². The maximum atomic E-state index is 11.9. The van der Waals surface area contributed by atoms with E-state index in [-0.39, 0.29) is 0 Å². The molecule has 1 aromatic heterocycles. The maximum absolute atomic E-state index is 11.9. The van der Waals surface area contributed by atoms with Crippen molar-refractivity contribution in [3.05, 3.63) is 42.1 Å². The molecule has 0 spiro atoms. The van der Waals surface area contributed by atoms with Crippen molar-refractivity contribution in [2.75, 3.05) is 0 Å². The summed E-state index contributed by atoms with van der Waals surface area (Å²) in [6, 6.07) is 7.56. The van der Waals surface area contributed by atoms with Crippen LogP contribution >= 0.6 is 0 Å². The third kappa shape index (κ3) is 3.72. The first-order chi connectivity index (χ1) is 10.3. The van der Waals surface area contributed by atoms with Gasteiger partial charge in [0.25, 0.3) is 0 Å². The molecule has 1 amide bonds. The van der Waals surface area contributed by atoms with Crippen LogP contribution in [0.1, 0.15) is 32.4 Å². The van der Waals surface area contributed by atoms with E-state index in [1.54, 1.807) is 45.2 Å². The van der Waals surface area contributed by atoms with Crippen LogP contribution in [0.4, 0.5) is 4.79 Å². The summed E-state index contributed by atoms with van der Waals surface area (Å²) in [5.41, 5.74) is 0.245. The lowest BCUT2D eigenvalue weighted by atomic mass is 10.0. The number of carboxylic acid groups (broad SMARTS) is 1. The molecule has 1 heterocycles. The van der Waals surface area contributed by atoms with Crippen LogP contribution in [0.2, 0.25) is 0 Å². The van der Waals surface area contributed by atoms with E-state index in [0.29, 0.717) is 11.1 Å². The number of aliphatic carboxylic acids is 1. The summed E-state index contributed by atoms with van der Waals surface area (Å²) in [6.07, 6.45) is 0.797. The number of hydrogen-bond acceptors (Lipinski definition) is 4. The number of alkyl carbamates (subject to hydrolysis) is 1. The molecule has 0 aliphatic rings. The Balaban J connectivity index is 2.35. The molecule has 1 aromatic carbocycles. The quantitative estimate of drug-likeness (QED) is 0.910. The van der Waals surface area contributed by atoms with Gasteiger partial charge in [0.2, 0.25) is 0 Å². The van der Waals surface area contributed by atoms with Gasteiger partial charge >= 0.3 is 12.1 Å². The molecule has 0 aliphatic heterocycles. The number of carbonyl (C=O) groups is 2. The highest BCUT2D eigenvalue weighted by molar-refractivity contribution is 5.89. The van der Waals surface area contributed by atoms with Gasteiger partial charge in [-0.05, 0) is 26.8 Å². The summed E-state index contributed by atoms with van der Waals surface area (Å²) in [7, 11) is 0. The highest BCUT2D eigenvalue weighted by atomic mass is 16.6. The molecule has 0 radical (unpaired) electrons. The van der Waals surface area contributed by atoms with Crippen LogP contribution in [-0.2, 0) is 9.53 Å². The number of benzene rings is 1. The van der Waals surface area contributed by atoms with Crippen LogP contribution < -0.4 is 5.32 Å². The van der Waals surface area contributed by atoms with Gasteiger partial charge in [0.05, 0.1) is 5.52 Å². The Morgan fingerprint density at radius 2 is 1.91 bits per heavy atom. The van der Waals surface area contributed by atoms with Crippen LogP contribution in [0, 0.1) is 0 Å². The maximum Gasteiger partial charge on any atom is 0.408 e. The second kappa shape index (κ2) is 6.01. The molecule has 0 saturated carbocycles. The molecule has 2 rings (SSSR count). The zero-order chi connectivity index (χ0) is 16.3. The molecule has 0 saturated heterocycles. The molecule has 6 heteroatoms. The van der Waals surface area contributed by atoms with Gasteiger partial charge in [0, 0.05) is 17.1 Å². The zero-order valence-corrected chi connectivity index (χ0v) is 12.7. The second-order valence-corrected chi connectivity index (χ2v) is 5.84. The molecule has 0 fully saturated rings. The average molecular weight is 302 g/mol. The molecule has 0 aliphatic carbocycles. The van der Waals surface area contributed by atoms with Crippen molar-refractivity contribution in [1.82, 2.24) is 10.3 Å². The molecule has 2 N–H and O–H groups in total. The van der Waals surface area contributed by atoms with E-state index in [1.165, 1.54) is 0 Å². The number of rotatable bonds is 3. The highest BCUT2D eigenvalue weighted by Crippen LogP contribution is 2.23. The Bertz CT molecular complexity index is 701. The zero-order valence-electron chi connectivity index (χ0n) is 12.7. The van der Waals surface area contributed by atoms with Gasteiger partial charge in [-0.25, -0.2) is 9.59 Å². The Kier molecular flexibility index (Phi) is 4.30. The van der Waals surface area contributed by atoms with E-state index < -0.39 is 23.7 Å². The molecule has 22 heavy (non-hydrogen) atoms. The third-order valence-electron chi connectivity index (χ3n) is 2.88. The molecular weight excluding hydrogens is 284 g/mol.